The van der Waals surface area contributed by atoms with Gasteiger partial charge in [0.15, 0.2) is 0 Å². The van der Waals surface area contributed by atoms with Crippen molar-refractivity contribution >= 4 is 33.4 Å². The second-order valence-electron chi connectivity index (χ2n) is 4.99. The second kappa shape index (κ2) is 5.62. The number of benzene rings is 1. The molecule has 1 aliphatic carbocycles. The first kappa shape index (κ1) is 13.9. The molecule has 1 N–H and O–H groups in total. The molecule has 0 heterocycles. The van der Waals surface area contributed by atoms with Crippen LogP contribution in [0.15, 0.2) is 22.7 Å². The Labute approximate surface area is 121 Å². The van der Waals surface area contributed by atoms with E-state index < -0.39 is 0 Å². The van der Waals surface area contributed by atoms with Crippen molar-refractivity contribution in [3.63, 3.8) is 0 Å². The van der Waals surface area contributed by atoms with Crippen LogP contribution in [0.1, 0.15) is 43.0 Å². The summed E-state index contributed by atoms with van der Waals surface area (Å²) in [6.45, 7) is 2.95. The van der Waals surface area contributed by atoms with Gasteiger partial charge in [0.2, 0.25) is 0 Å². The van der Waals surface area contributed by atoms with Gasteiger partial charge in [0, 0.05) is 11.0 Å². The maximum atomic E-state index is 12.1. The van der Waals surface area contributed by atoms with Gasteiger partial charge in [-0.3, -0.25) is 4.79 Å². The van der Waals surface area contributed by atoms with Gasteiger partial charge in [-0.15, -0.1) is 0 Å². The summed E-state index contributed by atoms with van der Waals surface area (Å²) in [5, 5.41) is 3.50. The largest absolute Gasteiger partial charge is 0.351 e. The standard InChI is InChI=1S/C14H17BrClNO/c1-2-14(7-4-8-14)9-17-13(18)10-5-3-6-11(15)12(10)16/h3,5-6H,2,4,7-9H2,1H3,(H,17,18). The van der Waals surface area contributed by atoms with Crippen molar-refractivity contribution in [2.24, 2.45) is 5.41 Å². The van der Waals surface area contributed by atoms with Gasteiger partial charge in [0.05, 0.1) is 10.6 Å². The van der Waals surface area contributed by atoms with E-state index in [-0.39, 0.29) is 5.91 Å². The molecule has 4 heteroatoms. The second-order valence-corrected chi connectivity index (χ2v) is 6.22. The van der Waals surface area contributed by atoms with Crippen LogP contribution in [0, 0.1) is 5.41 Å². The average molecular weight is 331 g/mol. The van der Waals surface area contributed by atoms with E-state index in [4.69, 9.17) is 11.6 Å². The van der Waals surface area contributed by atoms with Gasteiger partial charge in [-0.05, 0) is 52.7 Å². The molecule has 1 aromatic rings. The van der Waals surface area contributed by atoms with Crippen LogP contribution in [0.4, 0.5) is 0 Å². The van der Waals surface area contributed by atoms with E-state index in [1.165, 1.54) is 19.3 Å². The van der Waals surface area contributed by atoms with Crippen molar-refractivity contribution < 1.29 is 4.79 Å². The zero-order valence-corrected chi connectivity index (χ0v) is 12.8. The molecule has 18 heavy (non-hydrogen) atoms. The van der Waals surface area contributed by atoms with Crippen LogP contribution in [0.5, 0.6) is 0 Å². The molecule has 0 unspecified atom stereocenters. The lowest BCUT2D eigenvalue weighted by molar-refractivity contribution is 0.0850. The Hall–Kier alpha value is -0.540. The summed E-state index contributed by atoms with van der Waals surface area (Å²) in [6.07, 6.45) is 4.84. The minimum absolute atomic E-state index is 0.0824. The quantitative estimate of drug-likeness (QED) is 0.870. The topological polar surface area (TPSA) is 29.1 Å². The average Bonchev–Trinajstić information content (AvgIpc) is 2.31. The highest BCUT2D eigenvalue weighted by atomic mass is 79.9. The van der Waals surface area contributed by atoms with E-state index in [0.29, 0.717) is 16.0 Å². The summed E-state index contributed by atoms with van der Waals surface area (Å²) >= 11 is 9.44. The first-order valence-electron chi connectivity index (χ1n) is 6.30. The SMILES string of the molecule is CCC1(CNC(=O)c2cccc(Br)c2Cl)CCC1. The number of carbonyl (C=O) groups excluding carboxylic acids is 1. The molecule has 0 spiro atoms. The Bertz CT molecular complexity index is 452. The normalized spacial score (nSPS) is 17.1. The van der Waals surface area contributed by atoms with Gasteiger partial charge >= 0.3 is 0 Å². The fraction of sp³-hybridized carbons (Fsp3) is 0.500. The number of hydrogen-bond acceptors (Lipinski definition) is 1. The molecule has 0 bridgehead atoms. The van der Waals surface area contributed by atoms with E-state index in [1.54, 1.807) is 6.07 Å². The molecule has 1 aliphatic rings. The fourth-order valence-electron chi connectivity index (χ4n) is 2.37. The van der Waals surface area contributed by atoms with Gasteiger partial charge in [-0.25, -0.2) is 0 Å². The zero-order valence-electron chi connectivity index (χ0n) is 10.4. The Morgan fingerprint density at radius 3 is 2.78 bits per heavy atom. The van der Waals surface area contributed by atoms with Crippen LogP contribution >= 0.6 is 27.5 Å². The van der Waals surface area contributed by atoms with Crippen molar-refractivity contribution in [3.8, 4) is 0 Å². The number of amides is 1. The summed E-state index contributed by atoms with van der Waals surface area (Å²) < 4.78 is 0.755. The van der Waals surface area contributed by atoms with Gasteiger partial charge in [0.25, 0.3) is 5.91 Å². The maximum Gasteiger partial charge on any atom is 0.252 e. The molecule has 1 fully saturated rings. The first-order valence-corrected chi connectivity index (χ1v) is 7.47. The highest BCUT2D eigenvalue weighted by molar-refractivity contribution is 9.10. The molecule has 98 valence electrons. The monoisotopic (exact) mass is 329 g/mol. The Kier molecular flexibility index (Phi) is 4.33. The summed E-state index contributed by atoms with van der Waals surface area (Å²) in [5.74, 6) is -0.0824. The molecule has 0 saturated heterocycles. The van der Waals surface area contributed by atoms with Crippen LogP contribution in [0.25, 0.3) is 0 Å². The lowest BCUT2D eigenvalue weighted by Gasteiger charge is -2.41. The molecule has 0 atom stereocenters. The number of hydrogen-bond donors (Lipinski definition) is 1. The molecule has 2 nitrogen and oxygen atoms in total. The Morgan fingerprint density at radius 1 is 1.50 bits per heavy atom. The molecule has 1 amide bonds. The molecular weight excluding hydrogens is 314 g/mol. The van der Waals surface area contributed by atoms with Gasteiger partial charge in [-0.2, -0.15) is 0 Å². The number of rotatable bonds is 4. The van der Waals surface area contributed by atoms with Crippen molar-refractivity contribution in [1.82, 2.24) is 5.32 Å². The maximum absolute atomic E-state index is 12.1. The first-order chi connectivity index (χ1) is 8.58. The van der Waals surface area contributed by atoms with E-state index in [0.717, 1.165) is 17.4 Å². The molecular formula is C14H17BrClNO. The minimum atomic E-state index is -0.0824. The Balaban J connectivity index is 2.02. The predicted molar refractivity (Wildman–Crippen MR) is 78.1 cm³/mol. The summed E-state index contributed by atoms with van der Waals surface area (Å²) in [6, 6.07) is 5.41. The predicted octanol–water partition coefficient (Wildman–Crippen LogP) is 4.41. The van der Waals surface area contributed by atoms with Crippen molar-refractivity contribution in [2.45, 2.75) is 32.6 Å². The summed E-state index contributed by atoms with van der Waals surface area (Å²) in [4.78, 5) is 12.1. The van der Waals surface area contributed by atoms with Gasteiger partial charge in [0.1, 0.15) is 0 Å². The third kappa shape index (κ3) is 2.72. The molecule has 0 radical (unpaired) electrons. The van der Waals surface area contributed by atoms with Crippen molar-refractivity contribution in [3.05, 3.63) is 33.3 Å². The van der Waals surface area contributed by atoms with E-state index in [9.17, 15) is 4.79 Å². The minimum Gasteiger partial charge on any atom is -0.351 e. The van der Waals surface area contributed by atoms with Gasteiger partial charge < -0.3 is 5.32 Å². The highest BCUT2D eigenvalue weighted by Crippen LogP contribution is 2.43. The molecule has 0 aliphatic heterocycles. The van der Waals surface area contributed by atoms with E-state index >= 15 is 0 Å². The third-order valence-corrected chi connectivity index (χ3v) is 5.28. The molecule has 2 rings (SSSR count). The zero-order chi connectivity index (χ0) is 13.2. The molecule has 1 aromatic carbocycles. The third-order valence-electron chi connectivity index (χ3n) is 3.98. The number of halogens is 2. The van der Waals surface area contributed by atoms with Crippen LogP contribution in [-0.4, -0.2) is 12.5 Å². The van der Waals surface area contributed by atoms with Crippen molar-refractivity contribution in [2.75, 3.05) is 6.54 Å². The van der Waals surface area contributed by atoms with Crippen LogP contribution in [0.2, 0.25) is 5.02 Å². The molecule has 1 saturated carbocycles. The highest BCUT2D eigenvalue weighted by Gasteiger charge is 2.35. The fourth-order valence-corrected chi connectivity index (χ4v) is 2.95. The van der Waals surface area contributed by atoms with Crippen LogP contribution in [0.3, 0.4) is 0 Å². The van der Waals surface area contributed by atoms with Crippen molar-refractivity contribution in [1.29, 1.82) is 0 Å². The summed E-state index contributed by atoms with van der Waals surface area (Å²) in [7, 11) is 0. The lowest BCUT2D eigenvalue weighted by atomic mass is 9.67. The van der Waals surface area contributed by atoms with Gasteiger partial charge in [-0.1, -0.05) is 31.0 Å². The van der Waals surface area contributed by atoms with Crippen LogP contribution < -0.4 is 5.32 Å². The van der Waals surface area contributed by atoms with E-state index in [2.05, 4.69) is 28.2 Å². The number of carbonyl (C=O) groups is 1. The lowest BCUT2D eigenvalue weighted by Crippen LogP contribution is -2.41. The Morgan fingerprint density at radius 2 is 2.22 bits per heavy atom. The molecule has 0 aromatic heterocycles. The van der Waals surface area contributed by atoms with E-state index in [1.807, 2.05) is 12.1 Å². The smallest absolute Gasteiger partial charge is 0.252 e. The summed E-state index contributed by atoms with van der Waals surface area (Å²) in [5.41, 5.74) is 0.866. The van der Waals surface area contributed by atoms with Crippen LogP contribution in [-0.2, 0) is 0 Å². The number of nitrogens with one attached hydrogen (secondary N) is 1.